The monoisotopic (exact) mass is 379 g/mol. The quantitative estimate of drug-likeness (QED) is 0.431. The Labute approximate surface area is 131 Å². The molecule has 0 aromatic heterocycles. The molecule has 0 radical (unpaired) electrons. The standard InChI is InChI=1S/C13H21N3O2.HI/c1-3-17-11-6-5-10(7-8-16-13(14)15)9-12(11)18-4-2;/h5-6,9H,3-4,7-8H2,1-2H3,(H4,14,15,16);1H. The minimum atomic E-state index is 0. The lowest BCUT2D eigenvalue weighted by molar-refractivity contribution is 0.287. The second-order valence-electron chi connectivity index (χ2n) is 3.70. The molecule has 0 aliphatic carbocycles. The zero-order chi connectivity index (χ0) is 13.4. The number of hydrogen-bond donors (Lipinski definition) is 2. The summed E-state index contributed by atoms with van der Waals surface area (Å²) < 4.78 is 11.0. The molecule has 1 aromatic carbocycles. The highest BCUT2D eigenvalue weighted by molar-refractivity contribution is 14.0. The lowest BCUT2D eigenvalue weighted by Crippen LogP contribution is -2.23. The molecule has 1 rings (SSSR count). The maximum Gasteiger partial charge on any atom is 0.185 e. The van der Waals surface area contributed by atoms with Gasteiger partial charge < -0.3 is 20.9 Å². The molecule has 0 heterocycles. The number of halogens is 1. The Morgan fingerprint density at radius 1 is 1.11 bits per heavy atom. The molecule has 19 heavy (non-hydrogen) atoms. The number of nitrogens with zero attached hydrogens (tertiary/aromatic N) is 1. The van der Waals surface area contributed by atoms with E-state index in [0.717, 1.165) is 23.5 Å². The number of hydrogen-bond acceptors (Lipinski definition) is 3. The predicted octanol–water partition coefficient (Wildman–Crippen LogP) is 1.92. The van der Waals surface area contributed by atoms with Crippen molar-refractivity contribution in [3.63, 3.8) is 0 Å². The van der Waals surface area contributed by atoms with E-state index < -0.39 is 0 Å². The van der Waals surface area contributed by atoms with E-state index in [1.807, 2.05) is 32.0 Å². The molecule has 108 valence electrons. The van der Waals surface area contributed by atoms with E-state index in [1.165, 1.54) is 0 Å². The summed E-state index contributed by atoms with van der Waals surface area (Å²) in [4.78, 5) is 3.95. The molecule has 6 heteroatoms. The van der Waals surface area contributed by atoms with Gasteiger partial charge in [-0.15, -0.1) is 24.0 Å². The molecule has 0 atom stereocenters. The van der Waals surface area contributed by atoms with Crippen LogP contribution in [-0.4, -0.2) is 25.7 Å². The number of benzene rings is 1. The topological polar surface area (TPSA) is 82.9 Å². The lowest BCUT2D eigenvalue weighted by atomic mass is 10.1. The third-order valence-electron chi connectivity index (χ3n) is 2.30. The fraction of sp³-hybridized carbons (Fsp3) is 0.462. The van der Waals surface area contributed by atoms with Crippen molar-refractivity contribution >= 4 is 29.9 Å². The van der Waals surface area contributed by atoms with E-state index in [1.54, 1.807) is 0 Å². The summed E-state index contributed by atoms with van der Waals surface area (Å²) in [7, 11) is 0. The smallest absolute Gasteiger partial charge is 0.185 e. The molecule has 0 bridgehead atoms. The Morgan fingerprint density at radius 3 is 2.32 bits per heavy atom. The second kappa shape index (κ2) is 9.71. The van der Waals surface area contributed by atoms with Crippen molar-refractivity contribution in [3.8, 4) is 11.5 Å². The molecule has 0 fully saturated rings. The first kappa shape index (κ1) is 17.8. The van der Waals surface area contributed by atoms with Gasteiger partial charge >= 0.3 is 0 Å². The highest BCUT2D eigenvalue weighted by Gasteiger charge is 2.05. The van der Waals surface area contributed by atoms with Crippen molar-refractivity contribution in [2.45, 2.75) is 20.3 Å². The molecule has 0 saturated heterocycles. The van der Waals surface area contributed by atoms with Crippen LogP contribution in [0.5, 0.6) is 11.5 Å². The number of rotatable bonds is 7. The van der Waals surface area contributed by atoms with Gasteiger partial charge in [-0.2, -0.15) is 0 Å². The largest absolute Gasteiger partial charge is 0.490 e. The molecule has 0 saturated carbocycles. The average Bonchev–Trinajstić information content (AvgIpc) is 2.32. The van der Waals surface area contributed by atoms with Gasteiger partial charge in [0.1, 0.15) is 0 Å². The van der Waals surface area contributed by atoms with E-state index in [0.29, 0.717) is 19.8 Å². The van der Waals surface area contributed by atoms with Crippen LogP contribution in [0.15, 0.2) is 23.2 Å². The zero-order valence-corrected chi connectivity index (χ0v) is 13.7. The Morgan fingerprint density at radius 2 is 1.74 bits per heavy atom. The van der Waals surface area contributed by atoms with E-state index in [9.17, 15) is 0 Å². The third kappa shape index (κ3) is 6.51. The van der Waals surface area contributed by atoms with Crippen LogP contribution in [-0.2, 0) is 6.42 Å². The summed E-state index contributed by atoms with van der Waals surface area (Å²) in [5.41, 5.74) is 11.7. The molecule has 1 aromatic rings. The van der Waals surface area contributed by atoms with E-state index in [4.69, 9.17) is 20.9 Å². The summed E-state index contributed by atoms with van der Waals surface area (Å²) in [6, 6.07) is 5.88. The molecule has 0 aliphatic rings. The Kier molecular flexibility index (Phi) is 9.11. The fourth-order valence-electron chi connectivity index (χ4n) is 1.57. The Bertz CT molecular complexity index is 407. The summed E-state index contributed by atoms with van der Waals surface area (Å²) in [5, 5.41) is 0. The average molecular weight is 379 g/mol. The molecular formula is C13H22IN3O2. The van der Waals surface area contributed by atoms with Crippen LogP contribution in [0.2, 0.25) is 0 Å². The van der Waals surface area contributed by atoms with E-state index in [2.05, 4.69) is 4.99 Å². The van der Waals surface area contributed by atoms with Crippen molar-refractivity contribution in [2.24, 2.45) is 16.5 Å². The van der Waals surface area contributed by atoms with Gasteiger partial charge in [0.2, 0.25) is 0 Å². The van der Waals surface area contributed by atoms with Gasteiger partial charge in [0.25, 0.3) is 0 Å². The lowest BCUT2D eigenvalue weighted by Gasteiger charge is -2.12. The van der Waals surface area contributed by atoms with Crippen LogP contribution in [0.4, 0.5) is 0 Å². The van der Waals surface area contributed by atoms with Gasteiger partial charge in [0, 0.05) is 6.54 Å². The molecular weight excluding hydrogens is 357 g/mol. The Hall–Kier alpha value is -1.18. The van der Waals surface area contributed by atoms with Gasteiger partial charge in [-0.25, -0.2) is 0 Å². The fourth-order valence-corrected chi connectivity index (χ4v) is 1.57. The molecule has 0 amide bonds. The Balaban J connectivity index is 0.00000324. The molecule has 4 N–H and O–H groups in total. The second-order valence-corrected chi connectivity index (χ2v) is 3.70. The first-order valence-electron chi connectivity index (χ1n) is 6.11. The van der Waals surface area contributed by atoms with Crippen LogP contribution < -0.4 is 20.9 Å². The zero-order valence-electron chi connectivity index (χ0n) is 11.4. The van der Waals surface area contributed by atoms with Crippen LogP contribution in [0.3, 0.4) is 0 Å². The summed E-state index contributed by atoms with van der Waals surface area (Å²) >= 11 is 0. The van der Waals surface area contributed by atoms with Crippen molar-refractivity contribution in [1.29, 1.82) is 0 Å². The summed E-state index contributed by atoms with van der Waals surface area (Å²) in [6.45, 7) is 5.69. The van der Waals surface area contributed by atoms with Crippen LogP contribution >= 0.6 is 24.0 Å². The first-order chi connectivity index (χ1) is 8.67. The van der Waals surface area contributed by atoms with Crippen molar-refractivity contribution in [3.05, 3.63) is 23.8 Å². The predicted molar refractivity (Wildman–Crippen MR) is 88.6 cm³/mol. The number of nitrogens with two attached hydrogens (primary N) is 2. The minimum Gasteiger partial charge on any atom is -0.490 e. The van der Waals surface area contributed by atoms with E-state index in [-0.39, 0.29) is 29.9 Å². The number of ether oxygens (including phenoxy) is 2. The first-order valence-corrected chi connectivity index (χ1v) is 6.11. The van der Waals surface area contributed by atoms with Gasteiger partial charge in [0.15, 0.2) is 17.5 Å². The molecule has 0 unspecified atom stereocenters. The van der Waals surface area contributed by atoms with Crippen molar-refractivity contribution < 1.29 is 9.47 Å². The van der Waals surface area contributed by atoms with Crippen molar-refractivity contribution in [2.75, 3.05) is 19.8 Å². The maximum atomic E-state index is 5.55. The molecule has 5 nitrogen and oxygen atoms in total. The maximum absolute atomic E-state index is 5.55. The van der Waals surface area contributed by atoms with Crippen molar-refractivity contribution in [1.82, 2.24) is 0 Å². The van der Waals surface area contributed by atoms with Crippen LogP contribution in [0.1, 0.15) is 19.4 Å². The summed E-state index contributed by atoms with van der Waals surface area (Å²) in [6.07, 6.45) is 0.768. The normalized spacial score (nSPS) is 9.37. The van der Waals surface area contributed by atoms with E-state index >= 15 is 0 Å². The van der Waals surface area contributed by atoms with Gasteiger partial charge in [-0.1, -0.05) is 6.07 Å². The SMILES string of the molecule is CCOc1ccc(CCN=C(N)N)cc1OCC.I. The highest BCUT2D eigenvalue weighted by Crippen LogP contribution is 2.28. The third-order valence-corrected chi connectivity index (χ3v) is 2.30. The summed E-state index contributed by atoms with van der Waals surface area (Å²) in [5.74, 6) is 1.65. The van der Waals surface area contributed by atoms with Crippen LogP contribution in [0, 0.1) is 0 Å². The number of aliphatic imine (C=N–C) groups is 1. The van der Waals surface area contributed by atoms with Crippen LogP contribution in [0.25, 0.3) is 0 Å². The minimum absolute atomic E-state index is 0. The number of guanidine groups is 1. The van der Waals surface area contributed by atoms with Gasteiger partial charge in [-0.3, -0.25) is 4.99 Å². The molecule has 0 aliphatic heterocycles. The van der Waals surface area contributed by atoms with Gasteiger partial charge in [0.05, 0.1) is 13.2 Å². The highest BCUT2D eigenvalue weighted by atomic mass is 127. The van der Waals surface area contributed by atoms with Gasteiger partial charge in [-0.05, 0) is 38.0 Å². The molecule has 0 spiro atoms.